The van der Waals surface area contributed by atoms with Gasteiger partial charge < -0.3 is 15.0 Å². The third kappa shape index (κ3) is 4.47. The molecule has 0 radical (unpaired) electrons. The van der Waals surface area contributed by atoms with Crippen LogP contribution in [0.15, 0.2) is 24.3 Å². The Balaban J connectivity index is 1.98. The molecule has 1 heterocycles. The van der Waals surface area contributed by atoms with Crippen LogP contribution in [0.25, 0.3) is 0 Å². The Kier molecular flexibility index (Phi) is 5.82. The van der Waals surface area contributed by atoms with E-state index in [4.69, 9.17) is 4.74 Å². The Bertz CT molecular complexity index is 717. The minimum Gasteiger partial charge on any atom is -0.462 e. The standard InChI is InChI=1S/C16H22N2O5S/c1-3-23-16(20)13-6-4-5-7-14(13)17-10-15(19)18(2)12-8-9-24(21,22)11-12/h4-7,12,17H,3,8-11H2,1-2H3. The van der Waals surface area contributed by atoms with Gasteiger partial charge in [0.2, 0.25) is 5.91 Å². The maximum Gasteiger partial charge on any atom is 0.340 e. The topological polar surface area (TPSA) is 92.8 Å². The van der Waals surface area contributed by atoms with Gasteiger partial charge in [0.05, 0.1) is 30.2 Å². The highest BCUT2D eigenvalue weighted by molar-refractivity contribution is 7.91. The number of nitrogens with one attached hydrogen (secondary N) is 1. The fourth-order valence-electron chi connectivity index (χ4n) is 2.60. The number of esters is 1. The first kappa shape index (κ1) is 18.3. The van der Waals surface area contributed by atoms with Gasteiger partial charge >= 0.3 is 5.97 Å². The summed E-state index contributed by atoms with van der Waals surface area (Å²) in [6, 6.07) is 6.50. The average Bonchev–Trinajstić information content (AvgIpc) is 2.92. The smallest absolute Gasteiger partial charge is 0.340 e. The van der Waals surface area contributed by atoms with Crippen LogP contribution in [0.2, 0.25) is 0 Å². The molecule has 0 aliphatic carbocycles. The Labute approximate surface area is 141 Å². The molecule has 2 rings (SSSR count). The number of para-hydroxylation sites is 1. The van der Waals surface area contributed by atoms with Crippen molar-refractivity contribution in [2.75, 3.05) is 37.0 Å². The highest BCUT2D eigenvalue weighted by Crippen LogP contribution is 2.18. The van der Waals surface area contributed by atoms with Gasteiger partial charge in [-0.15, -0.1) is 0 Å². The average molecular weight is 354 g/mol. The molecule has 0 spiro atoms. The molecule has 1 aromatic rings. The Morgan fingerprint density at radius 2 is 2.04 bits per heavy atom. The van der Waals surface area contributed by atoms with Crippen molar-refractivity contribution < 1.29 is 22.7 Å². The Morgan fingerprint density at radius 3 is 2.67 bits per heavy atom. The molecule has 8 heteroatoms. The lowest BCUT2D eigenvalue weighted by molar-refractivity contribution is -0.129. The molecule has 0 aromatic heterocycles. The summed E-state index contributed by atoms with van der Waals surface area (Å²) in [5, 5.41) is 2.94. The highest BCUT2D eigenvalue weighted by Gasteiger charge is 2.32. The zero-order valence-corrected chi connectivity index (χ0v) is 14.6. The quantitative estimate of drug-likeness (QED) is 0.764. The van der Waals surface area contributed by atoms with Gasteiger partial charge in [0.15, 0.2) is 9.84 Å². The van der Waals surface area contributed by atoms with E-state index < -0.39 is 15.8 Å². The van der Waals surface area contributed by atoms with E-state index >= 15 is 0 Å². The second-order valence-electron chi connectivity index (χ2n) is 5.68. The molecule has 132 valence electrons. The van der Waals surface area contributed by atoms with Crippen molar-refractivity contribution in [3.05, 3.63) is 29.8 Å². The van der Waals surface area contributed by atoms with E-state index in [0.29, 0.717) is 17.7 Å². The minimum atomic E-state index is -3.04. The van der Waals surface area contributed by atoms with Crippen molar-refractivity contribution in [1.29, 1.82) is 0 Å². The van der Waals surface area contributed by atoms with Gasteiger partial charge in [-0.2, -0.15) is 0 Å². The summed E-state index contributed by atoms with van der Waals surface area (Å²) in [5.74, 6) is -0.553. The molecule has 1 saturated heterocycles. The number of hydrogen-bond acceptors (Lipinski definition) is 6. The third-order valence-corrected chi connectivity index (χ3v) is 5.75. The summed E-state index contributed by atoms with van der Waals surface area (Å²) in [4.78, 5) is 25.6. The molecule has 7 nitrogen and oxygen atoms in total. The molecule has 1 N–H and O–H groups in total. The van der Waals surface area contributed by atoms with Crippen LogP contribution >= 0.6 is 0 Å². The maximum atomic E-state index is 12.3. The number of carbonyl (C=O) groups is 2. The SMILES string of the molecule is CCOC(=O)c1ccccc1NCC(=O)N(C)C1CCS(=O)(=O)C1. The predicted octanol–water partition coefficient (Wildman–Crippen LogP) is 0.921. The first-order valence-corrected chi connectivity index (χ1v) is 9.62. The van der Waals surface area contributed by atoms with E-state index in [-0.39, 0.29) is 36.6 Å². The third-order valence-electron chi connectivity index (χ3n) is 4.00. The van der Waals surface area contributed by atoms with Crippen molar-refractivity contribution >= 4 is 27.4 Å². The second kappa shape index (κ2) is 7.65. The summed E-state index contributed by atoms with van der Waals surface area (Å²) in [6.07, 6.45) is 0.462. The van der Waals surface area contributed by atoms with E-state index in [2.05, 4.69) is 5.32 Å². The summed E-state index contributed by atoms with van der Waals surface area (Å²) < 4.78 is 28.0. The minimum absolute atomic E-state index is 0.00858. The van der Waals surface area contributed by atoms with E-state index in [1.54, 1.807) is 38.2 Å². The van der Waals surface area contributed by atoms with Crippen molar-refractivity contribution in [3.63, 3.8) is 0 Å². The van der Waals surface area contributed by atoms with Crippen LogP contribution in [0.1, 0.15) is 23.7 Å². The number of nitrogens with zero attached hydrogens (tertiary/aromatic N) is 1. The number of ether oxygens (including phenoxy) is 1. The fraction of sp³-hybridized carbons (Fsp3) is 0.500. The number of sulfone groups is 1. The molecular weight excluding hydrogens is 332 g/mol. The van der Waals surface area contributed by atoms with Crippen molar-refractivity contribution in [2.24, 2.45) is 0 Å². The lowest BCUT2D eigenvalue weighted by atomic mass is 10.1. The number of rotatable bonds is 6. The Morgan fingerprint density at radius 1 is 1.33 bits per heavy atom. The summed E-state index contributed by atoms with van der Waals surface area (Å²) >= 11 is 0. The zero-order chi connectivity index (χ0) is 17.7. The molecule has 1 atom stereocenters. The van der Waals surface area contributed by atoms with Gasteiger partial charge in [0.25, 0.3) is 0 Å². The van der Waals surface area contributed by atoms with Crippen molar-refractivity contribution in [3.8, 4) is 0 Å². The van der Waals surface area contributed by atoms with E-state index in [1.807, 2.05) is 0 Å². The van der Waals surface area contributed by atoms with Gasteiger partial charge in [0, 0.05) is 18.8 Å². The number of anilines is 1. The van der Waals surface area contributed by atoms with Gasteiger partial charge in [-0.1, -0.05) is 12.1 Å². The first-order valence-electron chi connectivity index (χ1n) is 7.80. The summed E-state index contributed by atoms with van der Waals surface area (Å²) in [6.45, 7) is 1.97. The number of carbonyl (C=O) groups excluding carboxylic acids is 2. The predicted molar refractivity (Wildman–Crippen MR) is 90.7 cm³/mol. The van der Waals surface area contributed by atoms with Crippen LogP contribution in [0.5, 0.6) is 0 Å². The Hall–Kier alpha value is -2.09. The molecule has 1 aliphatic rings. The monoisotopic (exact) mass is 354 g/mol. The highest BCUT2D eigenvalue weighted by atomic mass is 32.2. The lowest BCUT2D eigenvalue weighted by Gasteiger charge is -2.24. The number of benzene rings is 1. The molecule has 1 aliphatic heterocycles. The molecule has 1 fully saturated rings. The van der Waals surface area contributed by atoms with Gasteiger partial charge in [-0.05, 0) is 25.5 Å². The molecule has 24 heavy (non-hydrogen) atoms. The van der Waals surface area contributed by atoms with Crippen molar-refractivity contribution in [1.82, 2.24) is 4.90 Å². The molecule has 1 aromatic carbocycles. The zero-order valence-electron chi connectivity index (χ0n) is 13.8. The summed E-state index contributed by atoms with van der Waals surface area (Å²) in [5.41, 5.74) is 0.870. The largest absolute Gasteiger partial charge is 0.462 e. The first-order chi connectivity index (χ1) is 11.3. The van der Waals surface area contributed by atoms with Crippen LogP contribution in [0, 0.1) is 0 Å². The molecular formula is C16H22N2O5S. The van der Waals surface area contributed by atoms with Gasteiger partial charge in [0.1, 0.15) is 0 Å². The lowest BCUT2D eigenvalue weighted by Crippen LogP contribution is -2.41. The van der Waals surface area contributed by atoms with E-state index in [1.165, 1.54) is 4.90 Å². The molecule has 0 saturated carbocycles. The molecule has 1 amide bonds. The number of hydrogen-bond donors (Lipinski definition) is 1. The van der Waals surface area contributed by atoms with Crippen molar-refractivity contribution in [2.45, 2.75) is 19.4 Å². The summed E-state index contributed by atoms with van der Waals surface area (Å²) in [7, 11) is -1.44. The van der Waals surface area contributed by atoms with Gasteiger partial charge in [-0.3, -0.25) is 4.79 Å². The normalized spacial score (nSPS) is 18.8. The number of amides is 1. The van der Waals surface area contributed by atoms with Crippen LogP contribution in [0.4, 0.5) is 5.69 Å². The van der Waals surface area contributed by atoms with Crippen LogP contribution in [-0.4, -0.2) is 62.9 Å². The number of likely N-dealkylation sites (N-methyl/N-ethyl adjacent to an activating group) is 1. The second-order valence-corrected chi connectivity index (χ2v) is 7.91. The molecule has 1 unspecified atom stereocenters. The van der Waals surface area contributed by atoms with Crippen LogP contribution in [-0.2, 0) is 19.4 Å². The van der Waals surface area contributed by atoms with E-state index in [9.17, 15) is 18.0 Å². The fourth-order valence-corrected chi connectivity index (χ4v) is 4.38. The van der Waals surface area contributed by atoms with E-state index in [0.717, 1.165) is 0 Å². The van der Waals surface area contributed by atoms with Gasteiger partial charge in [-0.25, -0.2) is 13.2 Å². The molecule has 0 bridgehead atoms. The van der Waals surface area contributed by atoms with Crippen LogP contribution < -0.4 is 5.32 Å². The van der Waals surface area contributed by atoms with Crippen LogP contribution in [0.3, 0.4) is 0 Å². The maximum absolute atomic E-state index is 12.3.